The molecule has 0 saturated carbocycles. The van der Waals surface area contributed by atoms with Crippen molar-refractivity contribution in [2.45, 2.75) is 24.3 Å². The van der Waals surface area contributed by atoms with Gasteiger partial charge in [0.1, 0.15) is 12.6 Å². The van der Waals surface area contributed by atoms with Crippen molar-refractivity contribution in [1.82, 2.24) is 5.32 Å². The number of carboxylic acids is 1. The summed E-state index contributed by atoms with van der Waals surface area (Å²) in [6, 6.07) is 6.48. The van der Waals surface area contributed by atoms with E-state index in [-0.39, 0.29) is 23.7 Å². The lowest BCUT2D eigenvalue weighted by atomic mass is 10.2. The van der Waals surface area contributed by atoms with Gasteiger partial charge in [-0.1, -0.05) is 18.2 Å². The standard InChI is InChI=1S/C14H19NO6S/c1-2-21-10-13(16)15-12(14(17)18)8-9-22(19,20)11-6-4-3-5-7-11/h3-7,12H,2,8-10H2,1H3,(H,15,16)(H,17,18)/t12-/m0/s1. The Hall–Kier alpha value is -1.93. The van der Waals surface area contributed by atoms with Gasteiger partial charge in [-0.3, -0.25) is 4.79 Å². The molecule has 0 fully saturated rings. The highest BCUT2D eigenvalue weighted by atomic mass is 32.2. The summed E-state index contributed by atoms with van der Waals surface area (Å²) in [7, 11) is -3.59. The zero-order chi connectivity index (χ0) is 16.6. The van der Waals surface area contributed by atoms with E-state index in [1.165, 1.54) is 12.1 Å². The molecular weight excluding hydrogens is 310 g/mol. The summed E-state index contributed by atoms with van der Waals surface area (Å²) < 4.78 is 29.0. The molecule has 1 atom stereocenters. The maximum Gasteiger partial charge on any atom is 0.326 e. The Kier molecular flexibility index (Phi) is 7.00. The summed E-state index contributed by atoms with van der Waals surface area (Å²) in [4.78, 5) is 22.7. The van der Waals surface area contributed by atoms with Crippen LogP contribution >= 0.6 is 0 Å². The van der Waals surface area contributed by atoms with Gasteiger partial charge in [-0.25, -0.2) is 13.2 Å². The lowest BCUT2D eigenvalue weighted by Crippen LogP contribution is -2.43. The van der Waals surface area contributed by atoms with Crippen LogP contribution in [0.4, 0.5) is 0 Å². The van der Waals surface area contributed by atoms with E-state index >= 15 is 0 Å². The van der Waals surface area contributed by atoms with Gasteiger partial charge in [0.05, 0.1) is 10.6 Å². The van der Waals surface area contributed by atoms with Crippen molar-refractivity contribution in [1.29, 1.82) is 0 Å². The molecule has 1 rings (SSSR count). The molecule has 8 heteroatoms. The molecule has 1 amide bonds. The Morgan fingerprint density at radius 1 is 1.27 bits per heavy atom. The van der Waals surface area contributed by atoms with Crippen LogP contribution in [0.2, 0.25) is 0 Å². The van der Waals surface area contributed by atoms with Gasteiger partial charge >= 0.3 is 5.97 Å². The second-order valence-corrected chi connectivity index (χ2v) is 6.63. The van der Waals surface area contributed by atoms with Crippen molar-refractivity contribution in [2.24, 2.45) is 0 Å². The lowest BCUT2D eigenvalue weighted by molar-refractivity contribution is -0.142. The normalized spacial score (nSPS) is 12.6. The number of carbonyl (C=O) groups is 2. The number of nitrogens with one attached hydrogen (secondary N) is 1. The van der Waals surface area contributed by atoms with Crippen LogP contribution in [0.5, 0.6) is 0 Å². The third kappa shape index (κ3) is 5.82. The van der Waals surface area contributed by atoms with Crippen LogP contribution in [0.25, 0.3) is 0 Å². The average molecular weight is 329 g/mol. The Balaban J connectivity index is 2.65. The first-order chi connectivity index (χ1) is 10.4. The molecule has 0 spiro atoms. The number of aliphatic carboxylic acids is 1. The molecule has 1 aromatic carbocycles. The number of hydrogen-bond donors (Lipinski definition) is 2. The average Bonchev–Trinajstić information content (AvgIpc) is 2.50. The SMILES string of the molecule is CCOCC(=O)N[C@@H](CCS(=O)(=O)c1ccccc1)C(=O)O. The first-order valence-corrected chi connectivity index (χ1v) is 8.39. The van der Waals surface area contributed by atoms with Gasteiger partial charge in [0.2, 0.25) is 5.91 Å². The van der Waals surface area contributed by atoms with Crippen molar-refractivity contribution < 1.29 is 27.9 Å². The van der Waals surface area contributed by atoms with E-state index in [0.29, 0.717) is 6.61 Å². The first kappa shape index (κ1) is 18.1. The van der Waals surface area contributed by atoms with Crippen molar-refractivity contribution >= 4 is 21.7 Å². The van der Waals surface area contributed by atoms with Gasteiger partial charge in [-0.15, -0.1) is 0 Å². The Morgan fingerprint density at radius 3 is 2.45 bits per heavy atom. The number of carbonyl (C=O) groups excluding carboxylic acids is 1. The van der Waals surface area contributed by atoms with Crippen LogP contribution in [-0.4, -0.2) is 50.4 Å². The minimum absolute atomic E-state index is 0.125. The first-order valence-electron chi connectivity index (χ1n) is 6.74. The molecule has 0 aliphatic heterocycles. The molecule has 0 bridgehead atoms. The third-order valence-corrected chi connectivity index (χ3v) is 4.61. The predicted octanol–water partition coefficient (Wildman–Crippen LogP) is 0.456. The third-order valence-electron chi connectivity index (χ3n) is 2.85. The smallest absolute Gasteiger partial charge is 0.326 e. The Labute approximate surface area is 129 Å². The van der Waals surface area contributed by atoms with E-state index < -0.39 is 27.8 Å². The second kappa shape index (κ2) is 8.50. The predicted molar refractivity (Wildman–Crippen MR) is 79.2 cm³/mol. The van der Waals surface area contributed by atoms with Gasteiger partial charge in [-0.05, 0) is 25.5 Å². The van der Waals surface area contributed by atoms with E-state index in [0.717, 1.165) is 0 Å². The van der Waals surface area contributed by atoms with Gasteiger partial charge in [-0.2, -0.15) is 0 Å². The van der Waals surface area contributed by atoms with Crippen molar-refractivity contribution in [3.05, 3.63) is 30.3 Å². The number of amides is 1. The molecule has 0 saturated heterocycles. The summed E-state index contributed by atoms with van der Waals surface area (Å²) in [5.41, 5.74) is 0. The van der Waals surface area contributed by atoms with Crippen LogP contribution in [0.3, 0.4) is 0 Å². The minimum Gasteiger partial charge on any atom is -0.480 e. The summed E-state index contributed by atoms with van der Waals surface area (Å²) in [6.45, 7) is 1.77. The van der Waals surface area contributed by atoms with E-state index in [9.17, 15) is 18.0 Å². The maximum absolute atomic E-state index is 12.1. The zero-order valence-electron chi connectivity index (χ0n) is 12.2. The fraction of sp³-hybridized carbons (Fsp3) is 0.429. The largest absolute Gasteiger partial charge is 0.480 e. The fourth-order valence-corrected chi connectivity index (χ4v) is 3.06. The number of hydrogen-bond acceptors (Lipinski definition) is 5. The minimum atomic E-state index is -3.59. The molecule has 7 nitrogen and oxygen atoms in total. The summed E-state index contributed by atoms with van der Waals surface area (Å²) in [5, 5.41) is 11.3. The molecule has 0 heterocycles. The molecule has 122 valence electrons. The van der Waals surface area contributed by atoms with Crippen LogP contribution in [0.15, 0.2) is 35.2 Å². The number of sulfone groups is 1. The Morgan fingerprint density at radius 2 is 1.91 bits per heavy atom. The fourth-order valence-electron chi connectivity index (χ4n) is 1.71. The van der Waals surface area contributed by atoms with Crippen LogP contribution in [0.1, 0.15) is 13.3 Å². The van der Waals surface area contributed by atoms with Gasteiger partial charge < -0.3 is 15.2 Å². The van der Waals surface area contributed by atoms with Crippen molar-refractivity contribution in [3.63, 3.8) is 0 Å². The van der Waals surface area contributed by atoms with Crippen LogP contribution in [-0.2, 0) is 24.2 Å². The van der Waals surface area contributed by atoms with Crippen molar-refractivity contribution in [2.75, 3.05) is 19.0 Å². The monoisotopic (exact) mass is 329 g/mol. The number of benzene rings is 1. The van der Waals surface area contributed by atoms with Crippen LogP contribution < -0.4 is 5.32 Å². The van der Waals surface area contributed by atoms with E-state index in [1.54, 1.807) is 25.1 Å². The van der Waals surface area contributed by atoms with Gasteiger partial charge in [0.25, 0.3) is 0 Å². The van der Waals surface area contributed by atoms with E-state index in [2.05, 4.69) is 5.32 Å². The molecule has 0 radical (unpaired) electrons. The zero-order valence-corrected chi connectivity index (χ0v) is 13.0. The number of rotatable bonds is 9. The molecule has 22 heavy (non-hydrogen) atoms. The molecular formula is C14H19NO6S. The topological polar surface area (TPSA) is 110 Å². The van der Waals surface area contributed by atoms with E-state index in [1.807, 2.05) is 0 Å². The molecule has 2 N–H and O–H groups in total. The highest BCUT2D eigenvalue weighted by Crippen LogP contribution is 2.12. The van der Waals surface area contributed by atoms with Gasteiger partial charge in [0, 0.05) is 6.61 Å². The summed E-state index contributed by atoms with van der Waals surface area (Å²) in [5.74, 6) is -2.25. The number of carboxylic acid groups (broad SMARTS) is 1. The molecule has 0 aliphatic rings. The van der Waals surface area contributed by atoms with E-state index in [4.69, 9.17) is 9.84 Å². The molecule has 0 aliphatic carbocycles. The highest BCUT2D eigenvalue weighted by Gasteiger charge is 2.23. The second-order valence-electron chi connectivity index (χ2n) is 4.52. The summed E-state index contributed by atoms with van der Waals surface area (Å²) in [6.07, 6.45) is -0.218. The molecule has 0 aromatic heterocycles. The Bertz CT molecular complexity index is 599. The molecule has 1 aromatic rings. The lowest BCUT2D eigenvalue weighted by Gasteiger charge is -2.14. The van der Waals surface area contributed by atoms with Crippen molar-refractivity contribution in [3.8, 4) is 0 Å². The summed E-state index contributed by atoms with van der Waals surface area (Å²) >= 11 is 0. The number of ether oxygens (including phenoxy) is 1. The van der Waals surface area contributed by atoms with Crippen LogP contribution in [0, 0.1) is 0 Å². The quantitative estimate of drug-likeness (QED) is 0.681. The van der Waals surface area contributed by atoms with Gasteiger partial charge in [0.15, 0.2) is 9.84 Å². The molecule has 0 unspecified atom stereocenters. The maximum atomic E-state index is 12.1. The highest BCUT2D eigenvalue weighted by molar-refractivity contribution is 7.91.